The van der Waals surface area contributed by atoms with Crippen LogP contribution in [-0.4, -0.2) is 35.2 Å². The summed E-state index contributed by atoms with van der Waals surface area (Å²) in [6.07, 6.45) is 10.2. The maximum atomic E-state index is 10.2. The van der Waals surface area contributed by atoms with Gasteiger partial charge in [0.15, 0.2) is 0 Å². The summed E-state index contributed by atoms with van der Waals surface area (Å²) in [4.78, 5) is 2.74. The van der Waals surface area contributed by atoms with Crippen molar-refractivity contribution in [1.29, 1.82) is 0 Å². The van der Waals surface area contributed by atoms with E-state index in [2.05, 4.69) is 25.7 Å². The Bertz CT molecular complexity index is 337. The zero-order chi connectivity index (χ0) is 14.4. The lowest BCUT2D eigenvalue weighted by atomic mass is 9.66. The Hall–Kier alpha value is -0.0800. The van der Waals surface area contributed by atoms with Crippen LogP contribution in [0.3, 0.4) is 0 Å². The van der Waals surface area contributed by atoms with Crippen molar-refractivity contribution < 1.29 is 5.11 Å². The molecule has 2 saturated carbocycles. The standard InChI is InChI=1S/C18H33NO/c1-4-17(2,3)15-6-5-14(20)13-16(15)19-11-9-18(7-8-18)10-12-19/h14-16,20H,4-13H2,1-3H3. The lowest BCUT2D eigenvalue weighted by molar-refractivity contribution is -0.0307. The van der Waals surface area contributed by atoms with Crippen LogP contribution < -0.4 is 0 Å². The molecule has 3 atom stereocenters. The molecule has 3 rings (SSSR count). The maximum absolute atomic E-state index is 10.2. The first-order valence-electron chi connectivity index (χ1n) is 8.88. The van der Waals surface area contributed by atoms with Crippen LogP contribution in [-0.2, 0) is 0 Å². The van der Waals surface area contributed by atoms with Gasteiger partial charge in [0.1, 0.15) is 0 Å². The maximum Gasteiger partial charge on any atom is 0.0555 e. The fraction of sp³-hybridized carbons (Fsp3) is 1.00. The molecule has 3 unspecified atom stereocenters. The van der Waals surface area contributed by atoms with Gasteiger partial charge >= 0.3 is 0 Å². The lowest BCUT2D eigenvalue weighted by Crippen LogP contribution is -2.52. The van der Waals surface area contributed by atoms with E-state index in [1.807, 2.05) is 0 Å². The summed E-state index contributed by atoms with van der Waals surface area (Å²) in [7, 11) is 0. The minimum atomic E-state index is -0.0549. The SMILES string of the molecule is CCC(C)(C)C1CCC(O)CC1N1CCC2(CC1)CC2. The highest BCUT2D eigenvalue weighted by atomic mass is 16.3. The summed E-state index contributed by atoms with van der Waals surface area (Å²) in [5.41, 5.74) is 1.18. The molecule has 2 aliphatic carbocycles. The van der Waals surface area contributed by atoms with Crippen LogP contribution >= 0.6 is 0 Å². The Morgan fingerprint density at radius 1 is 1.10 bits per heavy atom. The minimum Gasteiger partial charge on any atom is -0.393 e. The van der Waals surface area contributed by atoms with Gasteiger partial charge in [-0.2, -0.15) is 0 Å². The van der Waals surface area contributed by atoms with Crippen LogP contribution in [0.4, 0.5) is 0 Å². The number of nitrogens with zero attached hydrogens (tertiary/aromatic N) is 1. The van der Waals surface area contributed by atoms with E-state index in [4.69, 9.17) is 0 Å². The van der Waals surface area contributed by atoms with Crippen molar-refractivity contribution in [1.82, 2.24) is 4.90 Å². The van der Waals surface area contributed by atoms with Crippen molar-refractivity contribution >= 4 is 0 Å². The van der Waals surface area contributed by atoms with Crippen LogP contribution in [0.2, 0.25) is 0 Å². The van der Waals surface area contributed by atoms with Crippen LogP contribution in [0, 0.1) is 16.7 Å². The van der Waals surface area contributed by atoms with Gasteiger partial charge in [0.25, 0.3) is 0 Å². The molecular formula is C18H33NO. The Balaban J connectivity index is 1.69. The van der Waals surface area contributed by atoms with Crippen LogP contribution in [0.15, 0.2) is 0 Å². The molecule has 0 aromatic rings. The van der Waals surface area contributed by atoms with Gasteiger partial charge in [-0.05, 0) is 74.8 Å². The Labute approximate surface area is 124 Å². The minimum absolute atomic E-state index is 0.0549. The highest BCUT2D eigenvalue weighted by Gasteiger charge is 2.48. The van der Waals surface area contributed by atoms with E-state index in [-0.39, 0.29) is 6.10 Å². The molecule has 0 bridgehead atoms. The van der Waals surface area contributed by atoms with E-state index in [1.165, 1.54) is 51.6 Å². The summed E-state index contributed by atoms with van der Waals surface area (Å²) in [5.74, 6) is 0.768. The number of likely N-dealkylation sites (tertiary alicyclic amines) is 1. The summed E-state index contributed by atoms with van der Waals surface area (Å²) in [6.45, 7) is 9.78. The summed E-state index contributed by atoms with van der Waals surface area (Å²) in [5, 5.41) is 10.2. The number of hydrogen-bond acceptors (Lipinski definition) is 2. The number of aliphatic hydroxyl groups excluding tert-OH is 1. The van der Waals surface area contributed by atoms with Gasteiger partial charge in [0.2, 0.25) is 0 Å². The number of piperidine rings is 1. The van der Waals surface area contributed by atoms with Gasteiger partial charge in [-0.3, -0.25) is 4.90 Å². The summed E-state index contributed by atoms with van der Waals surface area (Å²) < 4.78 is 0. The molecule has 1 aliphatic heterocycles. The van der Waals surface area contributed by atoms with E-state index in [0.717, 1.165) is 24.2 Å². The smallest absolute Gasteiger partial charge is 0.0555 e. The van der Waals surface area contributed by atoms with Gasteiger partial charge in [0.05, 0.1) is 6.10 Å². The van der Waals surface area contributed by atoms with E-state index in [0.29, 0.717) is 11.5 Å². The molecule has 0 amide bonds. The molecule has 0 aromatic carbocycles. The second-order valence-corrected chi connectivity index (χ2v) is 8.52. The molecule has 20 heavy (non-hydrogen) atoms. The predicted octanol–water partition coefficient (Wildman–Crippen LogP) is 3.83. The monoisotopic (exact) mass is 279 g/mol. The fourth-order valence-electron chi connectivity index (χ4n) is 4.71. The van der Waals surface area contributed by atoms with Crippen molar-refractivity contribution in [3.63, 3.8) is 0 Å². The zero-order valence-electron chi connectivity index (χ0n) is 13.7. The second kappa shape index (κ2) is 5.28. The summed E-state index contributed by atoms with van der Waals surface area (Å²) >= 11 is 0. The molecule has 1 heterocycles. The Morgan fingerprint density at radius 3 is 2.30 bits per heavy atom. The molecule has 1 N–H and O–H groups in total. The quantitative estimate of drug-likeness (QED) is 0.849. The van der Waals surface area contributed by atoms with Gasteiger partial charge < -0.3 is 5.11 Å². The van der Waals surface area contributed by atoms with Crippen molar-refractivity contribution in [2.75, 3.05) is 13.1 Å². The molecule has 3 fully saturated rings. The number of rotatable bonds is 3. The third-order valence-electron chi connectivity index (χ3n) is 6.99. The molecule has 1 spiro atoms. The average Bonchev–Trinajstić information content (AvgIpc) is 3.19. The molecule has 0 radical (unpaired) electrons. The van der Waals surface area contributed by atoms with Crippen LogP contribution in [0.5, 0.6) is 0 Å². The Kier molecular flexibility index (Phi) is 3.92. The molecule has 116 valence electrons. The van der Waals surface area contributed by atoms with Crippen LogP contribution in [0.25, 0.3) is 0 Å². The first kappa shape index (κ1) is 14.8. The summed E-state index contributed by atoms with van der Waals surface area (Å²) in [6, 6.07) is 0.629. The largest absolute Gasteiger partial charge is 0.393 e. The molecule has 1 saturated heterocycles. The number of aliphatic hydroxyl groups is 1. The molecule has 0 aromatic heterocycles. The van der Waals surface area contributed by atoms with Crippen molar-refractivity contribution in [3.8, 4) is 0 Å². The van der Waals surface area contributed by atoms with Gasteiger partial charge in [0, 0.05) is 6.04 Å². The van der Waals surface area contributed by atoms with Gasteiger partial charge in [-0.15, -0.1) is 0 Å². The van der Waals surface area contributed by atoms with E-state index in [9.17, 15) is 5.11 Å². The predicted molar refractivity (Wildman–Crippen MR) is 83.7 cm³/mol. The molecule has 3 aliphatic rings. The van der Waals surface area contributed by atoms with Crippen LogP contribution in [0.1, 0.15) is 72.1 Å². The Morgan fingerprint density at radius 2 is 1.75 bits per heavy atom. The zero-order valence-corrected chi connectivity index (χ0v) is 13.7. The lowest BCUT2D eigenvalue weighted by Gasteiger charge is -2.50. The normalized spacial score (nSPS) is 38.1. The molecule has 2 heteroatoms. The topological polar surface area (TPSA) is 23.5 Å². The first-order valence-corrected chi connectivity index (χ1v) is 8.88. The van der Waals surface area contributed by atoms with E-state index in [1.54, 1.807) is 0 Å². The highest BCUT2D eigenvalue weighted by Crippen LogP contribution is 2.54. The molecular weight excluding hydrogens is 246 g/mol. The fourth-order valence-corrected chi connectivity index (χ4v) is 4.71. The van der Waals surface area contributed by atoms with Crippen molar-refractivity contribution in [2.45, 2.75) is 84.3 Å². The third-order valence-corrected chi connectivity index (χ3v) is 6.99. The van der Waals surface area contributed by atoms with E-state index >= 15 is 0 Å². The number of hydrogen-bond donors (Lipinski definition) is 1. The highest BCUT2D eigenvalue weighted by molar-refractivity contribution is 5.00. The third kappa shape index (κ3) is 2.78. The van der Waals surface area contributed by atoms with E-state index < -0.39 is 0 Å². The molecule has 2 nitrogen and oxygen atoms in total. The average molecular weight is 279 g/mol. The van der Waals surface area contributed by atoms with Gasteiger partial charge in [-0.1, -0.05) is 27.2 Å². The van der Waals surface area contributed by atoms with Crippen molar-refractivity contribution in [2.24, 2.45) is 16.7 Å². The first-order chi connectivity index (χ1) is 9.46. The van der Waals surface area contributed by atoms with Crippen molar-refractivity contribution in [3.05, 3.63) is 0 Å². The van der Waals surface area contributed by atoms with Gasteiger partial charge in [-0.25, -0.2) is 0 Å². The second-order valence-electron chi connectivity index (χ2n) is 8.52.